The molecule has 1 aliphatic heterocycles. The monoisotopic (exact) mass is 349 g/mol. The normalized spacial score (nSPS) is 17.1. The summed E-state index contributed by atoms with van der Waals surface area (Å²) in [6, 6.07) is 0.00501. The van der Waals surface area contributed by atoms with Gasteiger partial charge in [-0.2, -0.15) is 5.10 Å². The Labute approximate surface area is 145 Å². The van der Waals surface area contributed by atoms with E-state index in [1.165, 1.54) is 0 Å². The SMILES string of the molecule is CN(C)c1nc(CNC(=O)NC2CCN(c3cnn(C)c3)C2)cs1. The first kappa shape index (κ1) is 16.6. The molecule has 1 saturated heterocycles. The second kappa shape index (κ2) is 7.08. The molecular formula is C15H23N7OS. The number of rotatable bonds is 5. The van der Waals surface area contributed by atoms with Crippen molar-refractivity contribution in [2.45, 2.75) is 19.0 Å². The molecule has 2 aromatic rings. The molecule has 0 spiro atoms. The minimum atomic E-state index is -0.146. The molecule has 130 valence electrons. The molecule has 1 fully saturated rings. The Kier molecular flexibility index (Phi) is 4.89. The minimum Gasteiger partial charge on any atom is -0.367 e. The predicted molar refractivity (Wildman–Crippen MR) is 95.6 cm³/mol. The van der Waals surface area contributed by atoms with Crippen LogP contribution in [0.3, 0.4) is 0 Å². The smallest absolute Gasteiger partial charge is 0.315 e. The third-order valence-corrected chi connectivity index (χ3v) is 4.99. The number of anilines is 2. The quantitative estimate of drug-likeness (QED) is 0.843. The Bertz CT molecular complexity index is 696. The zero-order chi connectivity index (χ0) is 17.1. The van der Waals surface area contributed by atoms with Crippen LogP contribution in [-0.4, -0.2) is 54.0 Å². The summed E-state index contributed by atoms with van der Waals surface area (Å²) in [5, 5.41) is 13.0. The van der Waals surface area contributed by atoms with Crippen molar-refractivity contribution in [1.82, 2.24) is 25.4 Å². The van der Waals surface area contributed by atoms with E-state index in [2.05, 4.69) is 25.6 Å². The fraction of sp³-hybridized carbons (Fsp3) is 0.533. The van der Waals surface area contributed by atoms with Crippen LogP contribution in [0.25, 0.3) is 0 Å². The lowest BCUT2D eigenvalue weighted by Crippen LogP contribution is -2.43. The summed E-state index contributed by atoms with van der Waals surface area (Å²) in [7, 11) is 5.82. The number of aromatic nitrogens is 3. The Morgan fingerprint density at radius 1 is 1.50 bits per heavy atom. The van der Waals surface area contributed by atoms with Gasteiger partial charge in [0, 0.05) is 51.9 Å². The molecule has 2 amide bonds. The minimum absolute atomic E-state index is 0.146. The van der Waals surface area contributed by atoms with Crippen LogP contribution in [0.4, 0.5) is 15.6 Å². The zero-order valence-corrected chi connectivity index (χ0v) is 15.0. The van der Waals surface area contributed by atoms with E-state index in [1.807, 2.05) is 43.8 Å². The van der Waals surface area contributed by atoms with Crippen LogP contribution in [0.5, 0.6) is 0 Å². The van der Waals surface area contributed by atoms with E-state index < -0.39 is 0 Å². The average Bonchev–Trinajstić information content (AvgIpc) is 3.25. The highest BCUT2D eigenvalue weighted by atomic mass is 32.1. The maximum absolute atomic E-state index is 12.1. The first-order chi connectivity index (χ1) is 11.5. The van der Waals surface area contributed by atoms with Crippen LogP contribution < -0.4 is 20.4 Å². The Morgan fingerprint density at radius 3 is 3.00 bits per heavy atom. The standard InChI is InChI=1S/C15H23N7OS/c1-20(2)15-19-12(10-24-15)6-16-14(23)18-11-4-5-22(8-11)13-7-17-21(3)9-13/h7,9-11H,4-6,8H2,1-3H3,(H2,16,18,23). The van der Waals surface area contributed by atoms with Crippen LogP contribution in [0.15, 0.2) is 17.8 Å². The third-order valence-electron chi connectivity index (χ3n) is 3.93. The lowest BCUT2D eigenvalue weighted by molar-refractivity contribution is 0.237. The maximum atomic E-state index is 12.1. The third kappa shape index (κ3) is 3.97. The number of carbonyl (C=O) groups is 1. The number of carbonyl (C=O) groups excluding carboxylic acids is 1. The Balaban J connectivity index is 1.43. The van der Waals surface area contributed by atoms with Crippen molar-refractivity contribution in [3.05, 3.63) is 23.5 Å². The van der Waals surface area contributed by atoms with Crippen molar-refractivity contribution >= 4 is 28.2 Å². The summed E-state index contributed by atoms with van der Waals surface area (Å²) in [5.41, 5.74) is 1.98. The van der Waals surface area contributed by atoms with Crippen LogP contribution in [-0.2, 0) is 13.6 Å². The fourth-order valence-corrected chi connectivity index (χ4v) is 3.43. The van der Waals surface area contributed by atoms with E-state index in [4.69, 9.17) is 0 Å². The van der Waals surface area contributed by atoms with Crippen LogP contribution in [0.2, 0.25) is 0 Å². The molecule has 1 unspecified atom stereocenters. The lowest BCUT2D eigenvalue weighted by Gasteiger charge is -2.17. The molecular weight excluding hydrogens is 326 g/mol. The molecule has 8 nitrogen and oxygen atoms in total. The summed E-state index contributed by atoms with van der Waals surface area (Å²) in [6.45, 7) is 2.17. The molecule has 0 radical (unpaired) electrons. The van der Waals surface area contributed by atoms with E-state index in [0.717, 1.165) is 36.0 Å². The van der Waals surface area contributed by atoms with Gasteiger partial charge in [0.25, 0.3) is 0 Å². The van der Waals surface area contributed by atoms with E-state index in [9.17, 15) is 4.79 Å². The van der Waals surface area contributed by atoms with Crippen molar-refractivity contribution in [2.24, 2.45) is 7.05 Å². The topological polar surface area (TPSA) is 78.3 Å². The number of thiazole rings is 1. The fourth-order valence-electron chi connectivity index (χ4n) is 2.67. The van der Waals surface area contributed by atoms with Gasteiger partial charge in [-0.3, -0.25) is 4.68 Å². The van der Waals surface area contributed by atoms with Gasteiger partial charge in [0.05, 0.1) is 24.1 Å². The average molecular weight is 349 g/mol. The van der Waals surface area contributed by atoms with E-state index in [-0.39, 0.29) is 12.1 Å². The number of hydrogen-bond acceptors (Lipinski definition) is 6. The molecule has 1 aliphatic rings. The molecule has 2 aromatic heterocycles. The van der Waals surface area contributed by atoms with Gasteiger partial charge in [-0.15, -0.1) is 11.3 Å². The molecule has 9 heteroatoms. The lowest BCUT2D eigenvalue weighted by atomic mass is 10.3. The van der Waals surface area contributed by atoms with Crippen molar-refractivity contribution in [3.8, 4) is 0 Å². The second-order valence-electron chi connectivity index (χ2n) is 6.15. The number of nitrogens with one attached hydrogen (secondary N) is 2. The van der Waals surface area contributed by atoms with Gasteiger partial charge >= 0.3 is 6.03 Å². The van der Waals surface area contributed by atoms with Gasteiger partial charge in [-0.25, -0.2) is 9.78 Å². The zero-order valence-electron chi connectivity index (χ0n) is 14.2. The maximum Gasteiger partial charge on any atom is 0.315 e. The van der Waals surface area contributed by atoms with Crippen molar-refractivity contribution in [3.63, 3.8) is 0 Å². The van der Waals surface area contributed by atoms with E-state index in [1.54, 1.807) is 16.0 Å². The first-order valence-corrected chi connectivity index (χ1v) is 8.79. The van der Waals surface area contributed by atoms with Gasteiger partial charge in [0.15, 0.2) is 5.13 Å². The largest absolute Gasteiger partial charge is 0.367 e. The number of hydrogen-bond donors (Lipinski definition) is 2. The Hall–Kier alpha value is -2.29. The summed E-state index contributed by atoms with van der Waals surface area (Å²) >= 11 is 1.57. The van der Waals surface area contributed by atoms with Gasteiger partial charge in [0.2, 0.25) is 0 Å². The summed E-state index contributed by atoms with van der Waals surface area (Å²) < 4.78 is 1.79. The summed E-state index contributed by atoms with van der Waals surface area (Å²) in [4.78, 5) is 20.7. The number of nitrogens with zero attached hydrogens (tertiary/aromatic N) is 5. The highest BCUT2D eigenvalue weighted by Gasteiger charge is 2.24. The van der Waals surface area contributed by atoms with Gasteiger partial charge in [-0.05, 0) is 6.42 Å². The second-order valence-corrected chi connectivity index (χ2v) is 6.98. The predicted octanol–water partition coefficient (Wildman–Crippen LogP) is 1.02. The van der Waals surface area contributed by atoms with Gasteiger partial charge in [0.1, 0.15) is 0 Å². The van der Waals surface area contributed by atoms with Crippen LogP contribution in [0.1, 0.15) is 12.1 Å². The number of aryl methyl sites for hydroxylation is 1. The number of amides is 2. The van der Waals surface area contributed by atoms with Crippen LogP contribution >= 0.6 is 11.3 Å². The highest BCUT2D eigenvalue weighted by Crippen LogP contribution is 2.19. The van der Waals surface area contributed by atoms with Crippen molar-refractivity contribution in [1.29, 1.82) is 0 Å². The Morgan fingerprint density at radius 2 is 2.33 bits per heavy atom. The summed E-state index contributed by atoms with van der Waals surface area (Å²) in [6.07, 6.45) is 4.78. The first-order valence-electron chi connectivity index (χ1n) is 7.91. The molecule has 0 aliphatic carbocycles. The number of urea groups is 1. The molecule has 3 heterocycles. The molecule has 1 atom stereocenters. The van der Waals surface area contributed by atoms with E-state index in [0.29, 0.717) is 6.54 Å². The van der Waals surface area contributed by atoms with Crippen molar-refractivity contribution < 1.29 is 4.79 Å². The van der Waals surface area contributed by atoms with Crippen LogP contribution in [0, 0.1) is 0 Å². The highest BCUT2D eigenvalue weighted by molar-refractivity contribution is 7.13. The van der Waals surface area contributed by atoms with Crippen molar-refractivity contribution in [2.75, 3.05) is 37.0 Å². The van der Waals surface area contributed by atoms with Gasteiger partial charge < -0.3 is 20.4 Å². The summed E-state index contributed by atoms with van der Waals surface area (Å²) in [5.74, 6) is 0. The molecule has 0 saturated carbocycles. The molecule has 0 aromatic carbocycles. The molecule has 2 N–H and O–H groups in total. The van der Waals surface area contributed by atoms with E-state index >= 15 is 0 Å². The molecule has 3 rings (SSSR count). The van der Waals surface area contributed by atoms with Gasteiger partial charge in [-0.1, -0.05) is 0 Å². The molecule has 0 bridgehead atoms. The molecule has 24 heavy (non-hydrogen) atoms.